The molecule has 1 fully saturated rings. The summed E-state index contributed by atoms with van der Waals surface area (Å²) in [5.41, 5.74) is 3.01. The topological polar surface area (TPSA) is 54.5 Å². The van der Waals surface area contributed by atoms with Gasteiger partial charge in [-0.1, -0.05) is 6.07 Å². The number of benzene rings is 1. The number of nitriles is 1. The zero-order valence-corrected chi connectivity index (χ0v) is 9.59. The second-order valence-electron chi connectivity index (χ2n) is 4.45. The summed E-state index contributed by atoms with van der Waals surface area (Å²) < 4.78 is 1.89. The van der Waals surface area contributed by atoms with Gasteiger partial charge in [-0.3, -0.25) is 0 Å². The minimum Gasteiger partial charge on any atom is -0.317 e. The first-order chi connectivity index (χ1) is 8.29. The fourth-order valence-electron chi connectivity index (χ4n) is 2.10. The van der Waals surface area contributed by atoms with Gasteiger partial charge in [0.15, 0.2) is 5.82 Å². The number of aryl methyl sites for hydroxylation is 1. The van der Waals surface area contributed by atoms with Crippen LogP contribution in [0.25, 0.3) is 11.4 Å². The number of hydrogen-bond acceptors (Lipinski definition) is 3. The van der Waals surface area contributed by atoms with Crippen LogP contribution in [0.4, 0.5) is 0 Å². The van der Waals surface area contributed by atoms with E-state index in [4.69, 9.17) is 5.26 Å². The van der Waals surface area contributed by atoms with Crippen LogP contribution >= 0.6 is 0 Å². The third-order valence-electron chi connectivity index (χ3n) is 3.15. The molecule has 0 amide bonds. The predicted molar refractivity (Wildman–Crippen MR) is 63.1 cm³/mol. The molecule has 4 heteroatoms. The summed E-state index contributed by atoms with van der Waals surface area (Å²) in [7, 11) is 1.92. The van der Waals surface area contributed by atoms with Crippen molar-refractivity contribution in [3.8, 4) is 17.5 Å². The van der Waals surface area contributed by atoms with Crippen molar-refractivity contribution in [2.75, 3.05) is 0 Å². The van der Waals surface area contributed by atoms with E-state index in [0.717, 1.165) is 11.4 Å². The molecule has 0 saturated heterocycles. The molecule has 17 heavy (non-hydrogen) atoms. The van der Waals surface area contributed by atoms with Crippen LogP contribution in [-0.2, 0) is 7.05 Å². The fourth-order valence-corrected chi connectivity index (χ4v) is 2.10. The van der Waals surface area contributed by atoms with Crippen LogP contribution in [0.3, 0.4) is 0 Å². The Morgan fingerprint density at radius 1 is 1.41 bits per heavy atom. The van der Waals surface area contributed by atoms with Crippen LogP contribution in [0.5, 0.6) is 0 Å². The molecule has 0 aliphatic heterocycles. The molecule has 1 aliphatic carbocycles. The number of rotatable bonds is 2. The van der Waals surface area contributed by atoms with Crippen molar-refractivity contribution in [2.45, 2.75) is 18.8 Å². The fraction of sp³-hybridized carbons (Fsp3) is 0.308. The summed E-state index contributed by atoms with van der Waals surface area (Å²) in [6, 6.07) is 8.03. The van der Waals surface area contributed by atoms with Gasteiger partial charge in [0.05, 0.1) is 11.6 Å². The highest BCUT2D eigenvalue weighted by molar-refractivity contribution is 5.64. The molecule has 0 radical (unpaired) electrons. The average molecular weight is 224 g/mol. The van der Waals surface area contributed by atoms with Crippen molar-refractivity contribution in [3.63, 3.8) is 0 Å². The first-order valence-electron chi connectivity index (χ1n) is 5.68. The van der Waals surface area contributed by atoms with E-state index >= 15 is 0 Å². The van der Waals surface area contributed by atoms with Gasteiger partial charge in [0.1, 0.15) is 6.33 Å². The number of hydrogen-bond donors (Lipinski definition) is 0. The Bertz CT molecular complexity index is 602. The third kappa shape index (κ3) is 1.70. The second kappa shape index (κ2) is 3.70. The van der Waals surface area contributed by atoms with Crippen LogP contribution in [0, 0.1) is 11.3 Å². The zero-order valence-electron chi connectivity index (χ0n) is 9.59. The molecule has 0 unspecified atom stereocenters. The van der Waals surface area contributed by atoms with E-state index in [-0.39, 0.29) is 0 Å². The van der Waals surface area contributed by atoms with E-state index in [0.29, 0.717) is 11.5 Å². The Labute approximate surface area is 99.5 Å². The number of nitrogens with zero attached hydrogens (tertiary/aromatic N) is 4. The van der Waals surface area contributed by atoms with Gasteiger partial charge in [-0.2, -0.15) is 5.26 Å². The van der Waals surface area contributed by atoms with Gasteiger partial charge in [-0.05, 0) is 36.5 Å². The van der Waals surface area contributed by atoms with E-state index in [1.165, 1.54) is 18.4 Å². The van der Waals surface area contributed by atoms with E-state index in [9.17, 15) is 0 Å². The first-order valence-corrected chi connectivity index (χ1v) is 5.68. The molecular weight excluding hydrogens is 212 g/mol. The normalized spacial score (nSPS) is 14.6. The molecule has 0 atom stereocenters. The lowest BCUT2D eigenvalue weighted by Gasteiger charge is -2.08. The Kier molecular flexibility index (Phi) is 2.19. The first kappa shape index (κ1) is 10.0. The third-order valence-corrected chi connectivity index (χ3v) is 3.15. The smallest absolute Gasteiger partial charge is 0.163 e. The summed E-state index contributed by atoms with van der Waals surface area (Å²) in [5.74, 6) is 1.47. The van der Waals surface area contributed by atoms with Crippen molar-refractivity contribution in [3.05, 3.63) is 35.7 Å². The summed E-state index contributed by atoms with van der Waals surface area (Å²) in [6.45, 7) is 0. The molecule has 3 rings (SSSR count). The minimum absolute atomic E-state index is 0.634. The highest BCUT2D eigenvalue weighted by Crippen LogP contribution is 2.44. The van der Waals surface area contributed by atoms with E-state index in [2.05, 4.69) is 22.3 Å². The lowest BCUT2D eigenvalue weighted by atomic mass is 10.00. The van der Waals surface area contributed by atoms with Crippen LogP contribution in [0.15, 0.2) is 24.5 Å². The molecule has 1 heterocycles. The Balaban J connectivity index is 2.19. The maximum atomic E-state index is 8.98. The van der Waals surface area contributed by atoms with Gasteiger partial charge in [-0.25, -0.2) is 0 Å². The molecule has 2 aromatic rings. The minimum atomic E-state index is 0.634. The van der Waals surface area contributed by atoms with Crippen LogP contribution < -0.4 is 0 Å². The van der Waals surface area contributed by atoms with E-state index in [1.807, 2.05) is 23.7 Å². The van der Waals surface area contributed by atoms with Gasteiger partial charge in [0.2, 0.25) is 0 Å². The van der Waals surface area contributed by atoms with Gasteiger partial charge >= 0.3 is 0 Å². The Hall–Kier alpha value is -2.15. The molecule has 4 nitrogen and oxygen atoms in total. The van der Waals surface area contributed by atoms with Crippen molar-refractivity contribution in [1.29, 1.82) is 5.26 Å². The zero-order chi connectivity index (χ0) is 11.8. The average Bonchev–Trinajstić information content (AvgIpc) is 3.11. The van der Waals surface area contributed by atoms with Crippen molar-refractivity contribution < 1.29 is 0 Å². The van der Waals surface area contributed by atoms with E-state index in [1.54, 1.807) is 6.33 Å². The lowest BCUT2D eigenvalue weighted by molar-refractivity contribution is 0.916. The molecule has 1 aliphatic rings. The second-order valence-corrected chi connectivity index (χ2v) is 4.45. The van der Waals surface area contributed by atoms with Crippen LogP contribution in [-0.4, -0.2) is 14.8 Å². The van der Waals surface area contributed by atoms with Gasteiger partial charge in [0.25, 0.3) is 0 Å². The summed E-state index contributed by atoms with van der Waals surface area (Å²) >= 11 is 0. The van der Waals surface area contributed by atoms with Gasteiger partial charge < -0.3 is 4.57 Å². The predicted octanol–water partition coefficient (Wildman–Crippen LogP) is 2.23. The monoisotopic (exact) mass is 224 g/mol. The van der Waals surface area contributed by atoms with Gasteiger partial charge in [-0.15, -0.1) is 10.2 Å². The molecule has 84 valence electrons. The van der Waals surface area contributed by atoms with Crippen LogP contribution in [0.2, 0.25) is 0 Å². The number of aromatic nitrogens is 3. The molecule has 1 aromatic heterocycles. The molecule has 0 spiro atoms. The molecule has 1 saturated carbocycles. The Morgan fingerprint density at radius 2 is 2.24 bits per heavy atom. The largest absolute Gasteiger partial charge is 0.317 e. The van der Waals surface area contributed by atoms with Crippen molar-refractivity contribution in [1.82, 2.24) is 14.8 Å². The summed E-state index contributed by atoms with van der Waals surface area (Å²) in [4.78, 5) is 0. The van der Waals surface area contributed by atoms with Crippen molar-refractivity contribution in [2.24, 2.45) is 7.05 Å². The maximum Gasteiger partial charge on any atom is 0.163 e. The summed E-state index contributed by atoms with van der Waals surface area (Å²) in [6.07, 6.45) is 4.15. The summed E-state index contributed by atoms with van der Waals surface area (Å²) in [5, 5.41) is 17.0. The molecule has 1 aromatic carbocycles. The highest BCUT2D eigenvalue weighted by Gasteiger charge is 2.27. The maximum absolute atomic E-state index is 8.98. The van der Waals surface area contributed by atoms with E-state index < -0.39 is 0 Å². The molecule has 0 bridgehead atoms. The molecule has 0 N–H and O–H groups in total. The van der Waals surface area contributed by atoms with Crippen LogP contribution in [0.1, 0.15) is 29.9 Å². The van der Waals surface area contributed by atoms with Gasteiger partial charge in [0, 0.05) is 12.6 Å². The Morgan fingerprint density at radius 3 is 2.82 bits per heavy atom. The van der Waals surface area contributed by atoms with Crippen molar-refractivity contribution >= 4 is 0 Å². The molecular formula is C13H12N4. The highest BCUT2D eigenvalue weighted by atomic mass is 15.2. The quantitative estimate of drug-likeness (QED) is 0.786. The SMILES string of the molecule is Cn1cnnc1-c1cc(C#N)ccc1C1CC1. The lowest BCUT2D eigenvalue weighted by Crippen LogP contribution is -1.96. The standard InChI is InChI=1S/C13H12N4/c1-17-8-15-16-13(17)12-6-9(7-14)2-5-11(12)10-3-4-10/h2,5-6,8,10H,3-4H2,1H3.